The molecule has 2 unspecified atom stereocenters. The number of esters is 1. The van der Waals surface area contributed by atoms with E-state index in [1.165, 1.54) is 33.2 Å². The third-order valence-electron chi connectivity index (χ3n) is 4.98. The Morgan fingerprint density at radius 1 is 1.21 bits per heavy atom. The molecule has 1 aliphatic rings. The zero-order valence-corrected chi connectivity index (χ0v) is 19.4. The maximum atomic E-state index is 12.6. The lowest BCUT2D eigenvalue weighted by atomic mass is 10.1. The maximum Gasteiger partial charge on any atom is 0.310 e. The van der Waals surface area contributed by atoms with Gasteiger partial charge in [0.15, 0.2) is 12.2 Å². The van der Waals surface area contributed by atoms with Crippen molar-refractivity contribution in [3.63, 3.8) is 0 Å². The molecule has 0 aliphatic carbocycles. The number of amides is 2. The number of fused-ring (bicyclic) bond motifs is 1. The first-order valence-electron chi connectivity index (χ1n) is 10.1. The summed E-state index contributed by atoms with van der Waals surface area (Å²) in [7, 11) is -0.876. The lowest BCUT2D eigenvalue weighted by Crippen LogP contribution is -2.40. The minimum atomic E-state index is -3.69. The highest BCUT2D eigenvalue weighted by molar-refractivity contribution is 7.89. The Labute approximate surface area is 191 Å². The quantitative estimate of drug-likeness (QED) is 0.585. The molecule has 176 valence electrons. The number of para-hydroxylation sites is 2. The molecule has 1 heterocycles. The van der Waals surface area contributed by atoms with Crippen molar-refractivity contribution in [2.24, 2.45) is 0 Å². The van der Waals surface area contributed by atoms with Crippen LogP contribution in [0.3, 0.4) is 0 Å². The Bertz CT molecular complexity index is 1190. The second-order valence-electron chi connectivity index (χ2n) is 7.68. The van der Waals surface area contributed by atoms with E-state index in [1.54, 1.807) is 37.3 Å². The van der Waals surface area contributed by atoms with E-state index in [9.17, 15) is 22.8 Å². The molecular formula is C22H25N3O7S. The van der Waals surface area contributed by atoms with Gasteiger partial charge in [-0.05, 0) is 43.7 Å². The number of hydrogen-bond donors (Lipinski definition) is 2. The van der Waals surface area contributed by atoms with E-state index in [0.717, 1.165) is 4.31 Å². The molecule has 3 rings (SSSR count). The van der Waals surface area contributed by atoms with E-state index in [2.05, 4.69) is 10.6 Å². The van der Waals surface area contributed by atoms with Crippen LogP contribution in [0.2, 0.25) is 0 Å². The predicted octanol–water partition coefficient (Wildman–Crippen LogP) is 1.91. The van der Waals surface area contributed by atoms with Crippen molar-refractivity contribution in [2.45, 2.75) is 37.4 Å². The number of aryl methyl sites for hydroxylation is 1. The van der Waals surface area contributed by atoms with E-state index in [0.29, 0.717) is 17.0 Å². The molecule has 2 aromatic carbocycles. The number of ether oxygens (including phenoxy) is 2. The van der Waals surface area contributed by atoms with E-state index >= 15 is 0 Å². The van der Waals surface area contributed by atoms with E-state index in [4.69, 9.17) is 9.47 Å². The predicted molar refractivity (Wildman–Crippen MR) is 120 cm³/mol. The van der Waals surface area contributed by atoms with Gasteiger partial charge in [0.2, 0.25) is 10.0 Å². The Hall–Kier alpha value is -3.44. The molecule has 0 radical (unpaired) electrons. The number of carbonyl (C=O) groups is 3. The Morgan fingerprint density at radius 2 is 1.91 bits per heavy atom. The van der Waals surface area contributed by atoms with Gasteiger partial charge in [-0.15, -0.1) is 0 Å². The Morgan fingerprint density at radius 3 is 2.61 bits per heavy atom. The average molecular weight is 476 g/mol. The molecule has 2 amide bonds. The van der Waals surface area contributed by atoms with Gasteiger partial charge in [0, 0.05) is 19.8 Å². The third kappa shape index (κ3) is 5.49. The van der Waals surface area contributed by atoms with Crippen molar-refractivity contribution < 1.29 is 32.3 Å². The molecule has 0 aromatic heterocycles. The van der Waals surface area contributed by atoms with Crippen LogP contribution < -0.4 is 15.4 Å². The van der Waals surface area contributed by atoms with Crippen LogP contribution in [0.15, 0.2) is 47.4 Å². The Balaban J connectivity index is 1.62. The molecule has 1 aliphatic heterocycles. The monoisotopic (exact) mass is 475 g/mol. The molecule has 0 fully saturated rings. The lowest BCUT2D eigenvalue weighted by molar-refractivity contribution is -0.155. The first kappa shape index (κ1) is 24.2. The van der Waals surface area contributed by atoms with Gasteiger partial charge in [0.05, 0.1) is 17.0 Å². The molecule has 0 saturated carbocycles. The molecule has 2 aromatic rings. The molecule has 11 heteroatoms. The van der Waals surface area contributed by atoms with Gasteiger partial charge in [-0.2, -0.15) is 0 Å². The minimum Gasteiger partial charge on any atom is -0.478 e. The first-order chi connectivity index (χ1) is 15.5. The zero-order chi connectivity index (χ0) is 24.3. The SMILES string of the molecule is Cc1ccc(S(=O)(=O)N(C)C)cc1NC(=O)C(C)OC(=O)CC1Oc2ccccc2NC1=O. The fraction of sp³-hybridized carbons (Fsp3) is 0.318. The summed E-state index contributed by atoms with van der Waals surface area (Å²) in [6, 6.07) is 11.2. The Kier molecular flexibility index (Phi) is 7.04. The van der Waals surface area contributed by atoms with Crippen LogP contribution in [0, 0.1) is 6.92 Å². The standard InChI is InChI=1S/C22H25N3O7S/c1-13-9-10-15(33(29,30)25(3)4)11-17(13)24-21(27)14(2)31-20(26)12-19-22(28)23-16-7-5-6-8-18(16)32-19/h5-11,14,19H,12H2,1-4H3,(H,23,28)(H,24,27). The smallest absolute Gasteiger partial charge is 0.310 e. The van der Waals surface area contributed by atoms with Crippen LogP contribution in [0.25, 0.3) is 0 Å². The van der Waals surface area contributed by atoms with Crippen molar-refractivity contribution in [3.05, 3.63) is 48.0 Å². The highest BCUT2D eigenvalue weighted by Crippen LogP contribution is 2.29. The topological polar surface area (TPSA) is 131 Å². The molecule has 2 N–H and O–H groups in total. The summed E-state index contributed by atoms with van der Waals surface area (Å²) in [6.45, 7) is 3.08. The number of nitrogens with zero attached hydrogens (tertiary/aromatic N) is 1. The van der Waals surface area contributed by atoms with Crippen molar-refractivity contribution in [2.75, 3.05) is 24.7 Å². The fourth-order valence-corrected chi connectivity index (χ4v) is 3.95. The molecular weight excluding hydrogens is 450 g/mol. The largest absolute Gasteiger partial charge is 0.478 e. The number of anilines is 2. The maximum absolute atomic E-state index is 12.6. The number of hydrogen-bond acceptors (Lipinski definition) is 7. The zero-order valence-electron chi connectivity index (χ0n) is 18.6. The number of carbonyl (C=O) groups excluding carboxylic acids is 3. The molecule has 0 saturated heterocycles. The first-order valence-corrected chi connectivity index (χ1v) is 11.5. The number of nitrogens with one attached hydrogen (secondary N) is 2. The number of sulfonamides is 1. The van der Waals surface area contributed by atoms with Gasteiger partial charge in [0.25, 0.3) is 11.8 Å². The normalized spacial score (nSPS) is 16.3. The molecule has 0 bridgehead atoms. The summed E-state index contributed by atoms with van der Waals surface area (Å²) in [6.07, 6.45) is -2.66. The lowest BCUT2D eigenvalue weighted by Gasteiger charge is -2.25. The van der Waals surface area contributed by atoms with Gasteiger partial charge in [0.1, 0.15) is 5.75 Å². The summed E-state index contributed by atoms with van der Waals surface area (Å²) in [5.41, 5.74) is 1.41. The van der Waals surface area contributed by atoms with Gasteiger partial charge < -0.3 is 20.1 Å². The summed E-state index contributed by atoms with van der Waals surface area (Å²) in [4.78, 5) is 37.1. The van der Waals surface area contributed by atoms with Crippen LogP contribution in [-0.2, 0) is 29.1 Å². The van der Waals surface area contributed by atoms with Crippen LogP contribution >= 0.6 is 0 Å². The van der Waals surface area contributed by atoms with Crippen LogP contribution in [0.1, 0.15) is 18.9 Å². The number of benzene rings is 2. The summed E-state index contributed by atoms with van der Waals surface area (Å²) in [5, 5.41) is 5.23. The molecule has 0 spiro atoms. The van der Waals surface area contributed by atoms with Gasteiger partial charge in [-0.25, -0.2) is 12.7 Å². The van der Waals surface area contributed by atoms with E-state index in [-0.39, 0.29) is 17.0 Å². The van der Waals surface area contributed by atoms with E-state index in [1.807, 2.05) is 0 Å². The van der Waals surface area contributed by atoms with Crippen LogP contribution in [-0.4, -0.2) is 56.8 Å². The summed E-state index contributed by atoms with van der Waals surface area (Å²) in [5.74, 6) is -1.50. The second-order valence-corrected chi connectivity index (χ2v) is 9.83. The summed E-state index contributed by atoms with van der Waals surface area (Å²) < 4.78 is 36.5. The highest BCUT2D eigenvalue weighted by Gasteiger charge is 2.31. The second kappa shape index (κ2) is 9.59. The third-order valence-corrected chi connectivity index (χ3v) is 6.79. The van der Waals surface area contributed by atoms with Crippen molar-refractivity contribution in [3.8, 4) is 5.75 Å². The van der Waals surface area contributed by atoms with Gasteiger partial charge >= 0.3 is 5.97 Å². The fourth-order valence-electron chi connectivity index (χ4n) is 3.02. The van der Waals surface area contributed by atoms with Gasteiger partial charge in [-0.3, -0.25) is 14.4 Å². The highest BCUT2D eigenvalue weighted by atomic mass is 32.2. The van der Waals surface area contributed by atoms with Crippen molar-refractivity contribution in [1.29, 1.82) is 0 Å². The molecule has 33 heavy (non-hydrogen) atoms. The van der Waals surface area contributed by atoms with Gasteiger partial charge in [-0.1, -0.05) is 18.2 Å². The van der Waals surface area contributed by atoms with Crippen LogP contribution in [0.4, 0.5) is 11.4 Å². The average Bonchev–Trinajstić information content (AvgIpc) is 2.75. The number of rotatable bonds is 7. The molecule has 10 nitrogen and oxygen atoms in total. The van der Waals surface area contributed by atoms with Crippen LogP contribution in [0.5, 0.6) is 5.75 Å². The van der Waals surface area contributed by atoms with E-state index < -0.39 is 40.0 Å². The van der Waals surface area contributed by atoms with Crippen molar-refractivity contribution in [1.82, 2.24) is 4.31 Å². The summed E-state index contributed by atoms with van der Waals surface area (Å²) >= 11 is 0. The minimum absolute atomic E-state index is 0.0128. The molecule has 2 atom stereocenters. The van der Waals surface area contributed by atoms with Crippen molar-refractivity contribution >= 4 is 39.2 Å².